The number of benzene rings is 1. The molecule has 2 N–H and O–H groups in total. The number of nitrogens with zero attached hydrogens (tertiary/aromatic N) is 1. The van der Waals surface area contributed by atoms with Crippen molar-refractivity contribution in [2.24, 2.45) is 0 Å². The van der Waals surface area contributed by atoms with Crippen molar-refractivity contribution in [3.63, 3.8) is 0 Å². The average Bonchev–Trinajstić information content (AvgIpc) is 2.41. The maximum Gasteiger partial charge on any atom is 0.172 e. The van der Waals surface area contributed by atoms with Crippen LogP contribution in [0.15, 0.2) is 47.1 Å². The molecule has 1 heterocycles. The molecule has 0 aliphatic rings. The van der Waals surface area contributed by atoms with Crippen LogP contribution < -0.4 is 10.6 Å². The Labute approximate surface area is 130 Å². The van der Waals surface area contributed by atoms with Gasteiger partial charge in [-0.3, -0.25) is 0 Å². The summed E-state index contributed by atoms with van der Waals surface area (Å²) < 4.78 is 0.825. The molecule has 0 unspecified atom stereocenters. The van der Waals surface area contributed by atoms with Crippen LogP contribution in [0.25, 0.3) is 0 Å². The number of pyridine rings is 1. The van der Waals surface area contributed by atoms with E-state index in [1.54, 1.807) is 12.3 Å². The summed E-state index contributed by atoms with van der Waals surface area (Å²) in [6.07, 6.45) is 1.66. The molecular formula is C13H11BrClN3S. The summed E-state index contributed by atoms with van der Waals surface area (Å²) in [4.78, 5) is 4.16. The molecule has 0 bridgehead atoms. The van der Waals surface area contributed by atoms with Crippen molar-refractivity contribution in [3.05, 3.63) is 57.7 Å². The number of anilines is 1. The maximum absolute atomic E-state index is 6.05. The van der Waals surface area contributed by atoms with Crippen LogP contribution in [0.4, 0.5) is 5.82 Å². The van der Waals surface area contributed by atoms with Crippen molar-refractivity contribution < 1.29 is 0 Å². The quantitative estimate of drug-likeness (QED) is 0.816. The van der Waals surface area contributed by atoms with Crippen LogP contribution in [0.3, 0.4) is 0 Å². The van der Waals surface area contributed by atoms with Crippen molar-refractivity contribution in [1.82, 2.24) is 10.3 Å². The molecule has 0 saturated heterocycles. The van der Waals surface area contributed by atoms with Crippen LogP contribution >= 0.6 is 39.7 Å². The van der Waals surface area contributed by atoms with Gasteiger partial charge in [0.25, 0.3) is 0 Å². The number of halogens is 2. The summed E-state index contributed by atoms with van der Waals surface area (Å²) in [5, 5.41) is 7.06. The largest absolute Gasteiger partial charge is 0.358 e. The van der Waals surface area contributed by atoms with E-state index in [0.717, 1.165) is 10.0 Å². The van der Waals surface area contributed by atoms with Crippen LogP contribution in [-0.4, -0.2) is 10.1 Å². The predicted molar refractivity (Wildman–Crippen MR) is 86.4 cm³/mol. The third-order valence-electron chi connectivity index (χ3n) is 2.34. The molecule has 0 spiro atoms. The number of hydrogen-bond acceptors (Lipinski definition) is 2. The van der Waals surface area contributed by atoms with E-state index in [0.29, 0.717) is 22.5 Å². The van der Waals surface area contributed by atoms with Gasteiger partial charge >= 0.3 is 0 Å². The molecule has 0 saturated carbocycles. The molecule has 0 atom stereocenters. The van der Waals surface area contributed by atoms with Gasteiger partial charge < -0.3 is 10.6 Å². The van der Waals surface area contributed by atoms with Gasteiger partial charge in [-0.2, -0.15) is 0 Å². The van der Waals surface area contributed by atoms with Gasteiger partial charge in [-0.15, -0.1) is 0 Å². The third-order valence-corrected chi connectivity index (χ3v) is 3.30. The maximum atomic E-state index is 6.05. The smallest absolute Gasteiger partial charge is 0.172 e. The summed E-state index contributed by atoms with van der Waals surface area (Å²) in [5.41, 5.74) is 1.15. The molecule has 19 heavy (non-hydrogen) atoms. The SMILES string of the molecule is S=C(NCc1ccccc1)Nc1ncc(Br)cc1Cl. The molecule has 0 amide bonds. The van der Waals surface area contributed by atoms with Crippen LogP contribution in [0.5, 0.6) is 0 Å². The lowest BCUT2D eigenvalue weighted by molar-refractivity contribution is 0.925. The molecule has 0 aliphatic heterocycles. The number of hydrogen-bond donors (Lipinski definition) is 2. The zero-order valence-corrected chi connectivity index (χ0v) is 13.0. The first kappa shape index (κ1) is 14.2. The van der Waals surface area contributed by atoms with Crippen LogP contribution in [0.1, 0.15) is 5.56 Å². The summed E-state index contributed by atoms with van der Waals surface area (Å²) in [7, 11) is 0. The Balaban J connectivity index is 1.91. The van der Waals surface area contributed by atoms with Gasteiger partial charge in [-0.25, -0.2) is 4.98 Å². The molecule has 0 fully saturated rings. The van der Waals surface area contributed by atoms with Crippen LogP contribution in [0, 0.1) is 0 Å². The summed E-state index contributed by atoms with van der Waals surface area (Å²) in [6, 6.07) is 11.8. The topological polar surface area (TPSA) is 37.0 Å². The van der Waals surface area contributed by atoms with Gasteiger partial charge in [0.2, 0.25) is 0 Å². The fourth-order valence-corrected chi connectivity index (χ4v) is 2.28. The van der Waals surface area contributed by atoms with Gasteiger partial charge in [0.05, 0.1) is 5.02 Å². The molecular weight excluding hydrogens is 346 g/mol. The van der Waals surface area contributed by atoms with E-state index in [4.69, 9.17) is 23.8 Å². The highest BCUT2D eigenvalue weighted by Crippen LogP contribution is 2.22. The normalized spacial score (nSPS) is 10.0. The lowest BCUT2D eigenvalue weighted by Crippen LogP contribution is -2.28. The second kappa shape index (κ2) is 6.84. The molecule has 2 aromatic rings. The number of rotatable bonds is 3. The highest BCUT2D eigenvalue weighted by molar-refractivity contribution is 9.10. The minimum absolute atomic E-state index is 0.487. The molecule has 3 nitrogen and oxygen atoms in total. The standard InChI is InChI=1S/C13H11BrClN3S/c14-10-6-11(15)12(16-8-10)18-13(19)17-7-9-4-2-1-3-5-9/h1-6,8H,7H2,(H2,16,17,18,19). The van der Waals surface area contributed by atoms with E-state index in [1.165, 1.54) is 0 Å². The van der Waals surface area contributed by atoms with Gasteiger partial charge in [0.1, 0.15) is 0 Å². The van der Waals surface area contributed by atoms with E-state index in [2.05, 4.69) is 31.5 Å². The van der Waals surface area contributed by atoms with Gasteiger partial charge in [0, 0.05) is 17.2 Å². The van der Waals surface area contributed by atoms with E-state index < -0.39 is 0 Å². The van der Waals surface area contributed by atoms with E-state index in [1.807, 2.05) is 30.3 Å². The van der Waals surface area contributed by atoms with E-state index in [-0.39, 0.29) is 0 Å². The highest BCUT2D eigenvalue weighted by atomic mass is 79.9. The Morgan fingerprint density at radius 1 is 1.32 bits per heavy atom. The average molecular weight is 357 g/mol. The minimum Gasteiger partial charge on any atom is -0.358 e. The molecule has 98 valence electrons. The Hall–Kier alpha value is -1.17. The second-order valence-corrected chi connectivity index (χ2v) is 5.51. The Morgan fingerprint density at radius 3 is 2.74 bits per heavy atom. The first-order chi connectivity index (χ1) is 9.15. The van der Waals surface area contributed by atoms with Crippen LogP contribution in [0.2, 0.25) is 5.02 Å². The zero-order valence-electron chi connectivity index (χ0n) is 9.86. The summed E-state index contributed by atoms with van der Waals surface area (Å²) >= 11 is 14.5. The van der Waals surface area contributed by atoms with Crippen molar-refractivity contribution in [2.75, 3.05) is 5.32 Å². The Morgan fingerprint density at radius 2 is 2.05 bits per heavy atom. The van der Waals surface area contributed by atoms with Crippen molar-refractivity contribution >= 4 is 50.7 Å². The molecule has 0 aliphatic carbocycles. The number of nitrogens with one attached hydrogen (secondary N) is 2. The monoisotopic (exact) mass is 355 g/mol. The van der Waals surface area contributed by atoms with Crippen molar-refractivity contribution in [2.45, 2.75) is 6.54 Å². The van der Waals surface area contributed by atoms with Gasteiger partial charge in [0.15, 0.2) is 10.9 Å². The first-order valence-electron chi connectivity index (χ1n) is 5.55. The molecule has 2 rings (SSSR count). The fraction of sp³-hybridized carbons (Fsp3) is 0.0769. The van der Waals surface area contributed by atoms with E-state index >= 15 is 0 Å². The van der Waals surface area contributed by atoms with Gasteiger partial charge in [-0.1, -0.05) is 41.9 Å². The predicted octanol–water partition coefficient (Wildman–Crippen LogP) is 3.98. The van der Waals surface area contributed by atoms with Gasteiger partial charge in [-0.05, 0) is 39.8 Å². The molecule has 1 aromatic heterocycles. The lowest BCUT2D eigenvalue weighted by atomic mass is 10.2. The summed E-state index contributed by atoms with van der Waals surface area (Å²) in [5.74, 6) is 0.537. The molecule has 6 heteroatoms. The number of thiocarbonyl (C=S) groups is 1. The lowest BCUT2D eigenvalue weighted by Gasteiger charge is -2.11. The minimum atomic E-state index is 0.487. The van der Waals surface area contributed by atoms with Crippen molar-refractivity contribution in [3.8, 4) is 0 Å². The Kier molecular flexibility index (Phi) is 5.13. The summed E-state index contributed by atoms with van der Waals surface area (Å²) in [6.45, 7) is 0.654. The molecule has 0 radical (unpaired) electrons. The van der Waals surface area contributed by atoms with Crippen molar-refractivity contribution in [1.29, 1.82) is 0 Å². The Bertz CT molecular complexity index is 577. The first-order valence-corrected chi connectivity index (χ1v) is 7.13. The third kappa shape index (κ3) is 4.45. The van der Waals surface area contributed by atoms with Crippen LogP contribution in [-0.2, 0) is 6.54 Å². The van der Waals surface area contributed by atoms with E-state index in [9.17, 15) is 0 Å². The second-order valence-electron chi connectivity index (χ2n) is 3.78. The zero-order chi connectivity index (χ0) is 13.7. The fourth-order valence-electron chi connectivity index (χ4n) is 1.44. The molecule has 1 aromatic carbocycles. The highest BCUT2D eigenvalue weighted by Gasteiger charge is 2.04. The number of aromatic nitrogens is 1.